The molecule has 1 atom stereocenters. The number of rotatable bonds is 2. The van der Waals surface area contributed by atoms with Crippen molar-refractivity contribution in [1.29, 1.82) is 0 Å². The summed E-state index contributed by atoms with van der Waals surface area (Å²) in [4.78, 5) is 13.5. The largest absolute Gasteiger partial charge is 0.338 e. The summed E-state index contributed by atoms with van der Waals surface area (Å²) in [7, 11) is 0. The van der Waals surface area contributed by atoms with Gasteiger partial charge in [-0.05, 0) is 41.2 Å². The van der Waals surface area contributed by atoms with Gasteiger partial charge in [0.15, 0.2) is 0 Å². The second-order valence-corrected chi connectivity index (χ2v) is 6.05. The molecule has 22 heavy (non-hydrogen) atoms. The average Bonchev–Trinajstić information content (AvgIpc) is 2.53. The molecule has 0 fully saturated rings. The van der Waals surface area contributed by atoms with Crippen molar-refractivity contribution in [3.8, 4) is 0 Å². The number of hydrogen-bond donors (Lipinski definition) is 1. The van der Waals surface area contributed by atoms with Crippen molar-refractivity contribution in [3.05, 3.63) is 70.3 Å². The van der Waals surface area contributed by atoms with Crippen LogP contribution in [0, 0.1) is 6.92 Å². The molecule has 0 bridgehead atoms. The Morgan fingerprint density at radius 2 is 1.95 bits per heavy atom. The number of aryl methyl sites for hydroxylation is 1. The highest BCUT2D eigenvalue weighted by atomic mass is 16.2. The third-order valence-electron chi connectivity index (χ3n) is 4.57. The fourth-order valence-electron chi connectivity index (χ4n) is 3.15. The molecule has 1 aliphatic rings. The molecule has 3 rings (SSSR count). The summed E-state index contributed by atoms with van der Waals surface area (Å²) in [6.45, 7) is 5.23. The highest BCUT2D eigenvalue weighted by Gasteiger charge is 2.20. The summed E-state index contributed by atoms with van der Waals surface area (Å²) in [5.74, 6) is 0.138. The zero-order valence-electron chi connectivity index (χ0n) is 13.2. The second-order valence-electron chi connectivity index (χ2n) is 6.05. The van der Waals surface area contributed by atoms with E-state index in [4.69, 9.17) is 5.73 Å². The molecule has 2 aromatic carbocycles. The summed E-state index contributed by atoms with van der Waals surface area (Å²) in [6, 6.07) is 14.6. The number of nitrogens with two attached hydrogens (primary N) is 1. The Morgan fingerprint density at radius 1 is 1.18 bits per heavy atom. The quantitative estimate of drug-likeness (QED) is 0.925. The van der Waals surface area contributed by atoms with Crippen molar-refractivity contribution in [1.82, 2.24) is 4.90 Å². The van der Waals surface area contributed by atoms with E-state index in [0.29, 0.717) is 6.54 Å². The third-order valence-corrected chi connectivity index (χ3v) is 4.57. The minimum absolute atomic E-state index is 0.126. The lowest BCUT2D eigenvalue weighted by atomic mass is 9.91. The van der Waals surface area contributed by atoms with Crippen LogP contribution in [0.3, 0.4) is 0 Å². The van der Waals surface area contributed by atoms with Gasteiger partial charge < -0.3 is 10.6 Å². The van der Waals surface area contributed by atoms with Crippen LogP contribution in [0.1, 0.15) is 40.8 Å². The molecule has 0 saturated carbocycles. The smallest absolute Gasteiger partial charge is 0.219 e. The minimum atomic E-state index is -0.126. The van der Waals surface area contributed by atoms with Gasteiger partial charge in [-0.25, -0.2) is 0 Å². The predicted octanol–water partition coefficient (Wildman–Crippen LogP) is 2.95. The van der Waals surface area contributed by atoms with Gasteiger partial charge in [-0.2, -0.15) is 0 Å². The van der Waals surface area contributed by atoms with E-state index in [2.05, 4.69) is 37.3 Å². The van der Waals surface area contributed by atoms with Crippen LogP contribution < -0.4 is 5.73 Å². The molecule has 3 heteroatoms. The van der Waals surface area contributed by atoms with E-state index >= 15 is 0 Å². The van der Waals surface area contributed by atoms with E-state index in [1.807, 2.05) is 17.0 Å². The van der Waals surface area contributed by atoms with Crippen LogP contribution in [-0.2, 0) is 17.8 Å². The van der Waals surface area contributed by atoms with Crippen LogP contribution in [0.4, 0.5) is 0 Å². The third kappa shape index (κ3) is 2.77. The highest BCUT2D eigenvalue weighted by Crippen LogP contribution is 2.27. The maximum Gasteiger partial charge on any atom is 0.219 e. The van der Waals surface area contributed by atoms with Crippen LogP contribution in [0.25, 0.3) is 0 Å². The van der Waals surface area contributed by atoms with Gasteiger partial charge in [0.25, 0.3) is 0 Å². The molecule has 0 aliphatic carbocycles. The zero-order chi connectivity index (χ0) is 15.7. The first-order valence-corrected chi connectivity index (χ1v) is 7.74. The van der Waals surface area contributed by atoms with Gasteiger partial charge in [-0.1, -0.05) is 42.5 Å². The molecule has 2 aromatic rings. The van der Waals surface area contributed by atoms with Gasteiger partial charge in [-0.15, -0.1) is 0 Å². The van der Waals surface area contributed by atoms with E-state index in [0.717, 1.165) is 24.1 Å². The number of benzene rings is 2. The predicted molar refractivity (Wildman–Crippen MR) is 88.4 cm³/mol. The summed E-state index contributed by atoms with van der Waals surface area (Å²) in [5, 5.41) is 0. The number of carbonyl (C=O) groups excluding carboxylic acids is 1. The van der Waals surface area contributed by atoms with Crippen molar-refractivity contribution in [3.63, 3.8) is 0 Å². The van der Waals surface area contributed by atoms with Gasteiger partial charge >= 0.3 is 0 Å². The maximum atomic E-state index is 11.6. The molecule has 0 saturated heterocycles. The van der Waals surface area contributed by atoms with E-state index in [9.17, 15) is 4.79 Å². The lowest BCUT2D eigenvalue weighted by Crippen LogP contribution is -2.34. The Bertz CT molecular complexity index is 708. The summed E-state index contributed by atoms with van der Waals surface area (Å²) in [5.41, 5.74) is 12.5. The number of fused-ring (bicyclic) bond motifs is 1. The van der Waals surface area contributed by atoms with E-state index < -0.39 is 0 Å². The molecule has 0 spiro atoms. The number of amides is 1. The van der Waals surface area contributed by atoms with Crippen molar-refractivity contribution < 1.29 is 4.79 Å². The first-order valence-electron chi connectivity index (χ1n) is 7.74. The van der Waals surface area contributed by atoms with Crippen molar-refractivity contribution in [2.75, 3.05) is 6.54 Å². The Balaban J connectivity index is 1.92. The molecular formula is C19H22N2O. The first kappa shape index (κ1) is 14.8. The van der Waals surface area contributed by atoms with Crippen molar-refractivity contribution >= 4 is 5.91 Å². The second kappa shape index (κ2) is 5.93. The van der Waals surface area contributed by atoms with Gasteiger partial charge in [0.2, 0.25) is 5.91 Å². The Hall–Kier alpha value is -2.13. The number of carbonyl (C=O) groups is 1. The monoisotopic (exact) mass is 294 g/mol. The molecule has 1 unspecified atom stereocenters. The van der Waals surface area contributed by atoms with Crippen LogP contribution in [-0.4, -0.2) is 17.4 Å². The topological polar surface area (TPSA) is 46.3 Å². The van der Waals surface area contributed by atoms with Crippen LogP contribution in [0.5, 0.6) is 0 Å². The fraction of sp³-hybridized carbons (Fsp3) is 0.316. The molecule has 1 amide bonds. The molecule has 0 aromatic heterocycles. The van der Waals surface area contributed by atoms with Crippen LogP contribution in [0.2, 0.25) is 0 Å². The molecular weight excluding hydrogens is 272 g/mol. The van der Waals surface area contributed by atoms with E-state index in [1.54, 1.807) is 6.92 Å². The first-order chi connectivity index (χ1) is 10.6. The lowest BCUT2D eigenvalue weighted by Gasteiger charge is -2.29. The summed E-state index contributed by atoms with van der Waals surface area (Å²) in [6.07, 6.45) is 0.925. The zero-order valence-corrected chi connectivity index (χ0v) is 13.2. The van der Waals surface area contributed by atoms with E-state index in [-0.39, 0.29) is 11.9 Å². The molecule has 1 aliphatic heterocycles. The van der Waals surface area contributed by atoms with Gasteiger partial charge in [-0.3, -0.25) is 4.79 Å². The van der Waals surface area contributed by atoms with Gasteiger partial charge in [0, 0.05) is 20.0 Å². The van der Waals surface area contributed by atoms with Crippen molar-refractivity contribution in [2.24, 2.45) is 5.73 Å². The van der Waals surface area contributed by atoms with Gasteiger partial charge in [0.05, 0.1) is 6.04 Å². The standard InChI is InChI=1S/C19H22N2O/c1-13-5-3-4-6-18(13)19(20)16-8-7-15-9-10-21(14(2)22)12-17(15)11-16/h3-8,11,19H,9-10,12,20H2,1-2H3. The highest BCUT2D eigenvalue weighted by molar-refractivity contribution is 5.73. The fourth-order valence-corrected chi connectivity index (χ4v) is 3.15. The normalized spacial score (nSPS) is 15.3. The Labute approximate surface area is 131 Å². The summed E-state index contributed by atoms with van der Waals surface area (Å²) < 4.78 is 0. The maximum absolute atomic E-state index is 11.6. The van der Waals surface area contributed by atoms with Crippen LogP contribution in [0.15, 0.2) is 42.5 Å². The number of hydrogen-bond acceptors (Lipinski definition) is 2. The molecule has 0 radical (unpaired) electrons. The lowest BCUT2D eigenvalue weighted by molar-refractivity contribution is -0.129. The molecule has 1 heterocycles. The molecule has 3 nitrogen and oxygen atoms in total. The van der Waals surface area contributed by atoms with Crippen LogP contribution >= 0.6 is 0 Å². The Morgan fingerprint density at radius 3 is 2.68 bits per heavy atom. The summed E-state index contributed by atoms with van der Waals surface area (Å²) >= 11 is 0. The Kier molecular flexibility index (Phi) is 3.99. The SMILES string of the molecule is CC(=O)N1CCc2ccc(C(N)c3ccccc3C)cc2C1. The molecule has 114 valence electrons. The average molecular weight is 294 g/mol. The number of nitrogens with zero attached hydrogens (tertiary/aromatic N) is 1. The minimum Gasteiger partial charge on any atom is -0.338 e. The van der Waals surface area contributed by atoms with Crippen molar-refractivity contribution in [2.45, 2.75) is 32.9 Å². The van der Waals surface area contributed by atoms with Gasteiger partial charge in [0.1, 0.15) is 0 Å². The van der Waals surface area contributed by atoms with E-state index in [1.165, 1.54) is 16.7 Å². The molecule has 2 N–H and O–H groups in total.